The van der Waals surface area contributed by atoms with Gasteiger partial charge in [-0.2, -0.15) is 0 Å². The van der Waals surface area contributed by atoms with Crippen molar-refractivity contribution in [2.75, 3.05) is 18.0 Å². The summed E-state index contributed by atoms with van der Waals surface area (Å²) in [5.74, 6) is 0.942. The van der Waals surface area contributed by atoms with E-state index in [0.29, 0.717) is 0 Å². The van der Waals surface area contributed by atoms with Gasteiger partial charge in [-0.05, 0) is 43.4 Å². The van der Waals surface area contributed by atoms with Gasteiger partial charge in [-0.1, -0.05) is 22.9 Å². The van der Waals surface area contributed by atoms with Crippen LogP contribution in [0.25, 0.3) is 0 Å². The minimum atomic E-state index is 0.148. The van der Waals surface area contributed by atoms with Crippen LogP contribution >= 0.6 is 15.9 Å². The number of anilines is 1. The van der Waals surface area contributed by atoms with E-state index in [9.17, 15) is 0 Å². The van der Waals surface area contributed by atoms with Gasteiger partial charge in [0, 0.05) is 28.8 Å². The fourth-order valence-corrected chi connectivity index (χ4v) is 2.85. The van der Waals surface area contributed by atoms with Gasteiger partial charge in [0.2, 0.25) is 0 Å². The minimum absolute atomic E-state index is 0.148. The first kappa shape index (κ1) is 13.4. The zero-order chi connectivity index (χ0) is 13.1. The molecule has 18 heavy (non-hydrogen) atoms. The Hall–Kier alpha value is -1.03. The summed E-state index contributed by atoms with van der Waals surface area (Å²) in [4.78, 5) is 2.37. The fraction of sp³-hybridized carbons (Fsp3) is 0.500. The van der Waals surface area contributed by atoms with Crippen LogP contribution in [0, 0.1) is 11.3 Å². The van der Waals surface area contributed by atoms with Gasteiger partial charge in [-0.25, -0.2) is 0 Å². The number of benzene rings is 1. The molecular weight excluding hydrogens is 290 g/mol. The number of amidine groups is 1. The van der Waals surface area contributed by atoms with Crippen molar-refractivity contribution in [1.82, 2.24) is 0 Å². The van der Waals surface area contributed by atoms with Crippen molar-refractivity contribution in [3.8, 4) is 0 Å². The Kier molecular flexibility index (Phi) is 4.27. The maximum absolute atomic E-state index is 7.70. The molecule has 1 unspecified atom stereocenters. The average molecular weight is 310 g/mol. The monoisotopic (exact) mass is 309 g/mol. The van der Waals surface area contributed by atoms with E-state index in [2.05, 4.69) is 33.8 Å². The third-order valence-corrected chi connectivity index (χ3v) is 4.10. The second kappa shape index (κ2) is 5.74. The molecule has 1 aliphatic rings. The molecule has 0 radical (unpaired) electrons. The summed E-state index contributed by atoms with van der Waals surface area (Å²) in [5, 5.41) is 7.70. The molecule has 3 nitrogen and oxygen atoms in total. The van der Waals surface area contributed by atoms with Crippen LogP contribution < -0.4 is 10.6 Å². The highest BCUT2D eigenvalue weighted by Gasteiger charge is 2.17. The number of nitrogens with one attached hydrogen (secondary N) is 1. The van der Waals surface area contributed by atoms with E-state index < -0.39 is 0 Å². The lowest BCUT2D eigenvalue weighted by Crippen LogP contribution is -2.27. The van der Waals surface area contributed by atoms with Crippen molar-refractivity contribution in [1.29, 1.82) is 5.41 Å². The topological polar surface area (TPSA) is 53.1 Å². The molecule has 0 aliphatic carbocycles. The molecule has 1 heterocycles. The van der Waals surface area contributed by atoms with Crippen molar-refractivity contribution < 1.29 is 0 Å². The van der Waals surface area contributed by atoms with Crippen molar-refractivity contribution in [3.05, 3.63) is 28.2 Å². The number of hydrogen-bond acceptors (Lipinski definition) is 2. The molecule has 0 amide bonds. The Morgan fingerprint density at radius 3 is 2.89 bits per heavy atom. The van der Waals surface area contributed by atoms with E-state index >= 15 is 0 Å². The first-order chi connectivity index (χ1) is 8.58. The Morgan fingerprint density at radius 1 is 1.39 bits per heavy atom. The number of nitrogens with zero attached hydrogens (tertiary/aromatic N) is 1. The van der Waals surface area contributed by atoms with Crippen molar-refractivity contribution >= 4 is 27.5 Å². The van der Waals surface area contributed by atoms with Crippen LogP contribution in [0.1, 0.15) is 31.7 Å². The largest absolute Gasteiger partial charge is 0.384 e. The Labute approximate surface area is 117 Å². The van der Waals surface area contributed by atoms with Gasteiger partial charge in [0.1, 0.15) is 5.84 Å². The molecule has 1 atom stereocenters. The molecule has 2 rings (SSSR count). The zero-order valence-corrected chi connectivity index (χ0v) is 12.3. The lowest BCUT2D eigenvalue weighted by atomic mass is 10.0. The Bertz CT molecular complexity index is 445. The summed E-state index contributed by atoms with van der Waals surface area (Å²) in [6.45, 7) is 4.43. The average Bonchev–Trinajstić information content (AvgIpc) is 2.53. The normalized spacial score (nSPS) is 20.6. The highest BCUT2D eigenvalue weighted by Crippen LogP contribution is 2.28. The van der Waals surface area contributed by atoms with Gasteiger partial charge in [0.15, 0.2) is 0 Å². The maximum Gasteiger partial charge on any atom is 0.124 e. The lowest BCUT2D eigenvalue weighted by Gasteiger charge is -2.25. The molecule has 1 aromatic rings. The Morgan fingerprint density at radius 2 is 2.17 bits per heavy atom. The summed E-state index contributed by atoms with van der Waals surface area (Å²) in [5.41, 5.74) is 7.61. The van der Waals surface area contributed by atoms with Gasteiger partial charge in [0.05, 0.1) is 0 Å². The standard InChI is InChI=1S/C14H20BrN3/c1-10-3-2-7-18(8-6-10)13-9-11(15)4-5-12(13)14(16)17/h4-5,9-10H,2-3,6-8H2,1H3,(H3,16,17). The number of hydrogen-bond donors (Lipinski definition) is 2. The Balaban J connectivity index is 2.30. The highest BCUT2D eigenvalue weighted by atomic mass is 79.9. The predicted molar refractivity (Wildman–Crippen MR) is 80.4 cm³/mol. The summed E-state index contributed by atoms with van der Waals surface area (Å²) in [6.07, 6.45) is 3.72. The summed E-state index contributed by atoms with van der Waals surface area (Å²) >= 11 is 3.51. The second-order valence-corrected chi connectivity index (χ2v) is 6.01. The SMILES string of the molecule is CC1CCCN(c2cc(Br)ccc2C(=N)N)CC1. The zero-order valence-electron chi connectivity index (χ0n) is 10.7. The molecule has 3 N–H and O–H groups in total. The van der Waals surface area contributed by atoms with Crippen LogP contribution in [0.15, 0.2) is 22.7 Å². The second-order valence-electron chi connectivity index (χ2n) is 5.10. The van der Waals surface area contributed by atoms with E-state index in [-0.39, 0.29) is 5.84 Å². The van der Waals surface area contributed by atoms with E-state index in [1.807, 2.05) is 12.1 Å². The van der Waals surface area contributed by atoms with Gasteiger partial charge >= 0.3 is 0 Å². The molecule has 4 heteroatoms. The van der Waals surface area contributed by atoms with Gasteiger partial charge in [-0.15, -0.1) is 0 Å². The maximum atomic E-state index is 7.70. The van der Waals surface area contributed by atoms with Crippen LogP contribution in [-0.4, -0.2) is 18.9 Å². The molecule has 1 saturated heterocycles. The van der Waals surface area contributed by atoms with Crippen molar-refractivity contribution in [2.24, 2.45) is 11.7 Å². The molecule has 98 valence electrons. The molecule has 1 aromatic carbocycles. The van der Waals surface area contributed by atoms with E-state index in [0.717, 1.165) is 34.7 Å². The van der Waals surface area contributed by atoms with Crippen molar-refractivity contribution in [3.63, 3.8) is 0 Å². The minimum Gasteiger partial charge on any atom is -0.384 e. The molecule has 1 aliphatic heterocycles. The molecule has 1 fully saturated rings. The quantitative estimate of drug-likeness (QED) is 0.650. The first-order valence-corrected chi connectivity index (χ1v) is 7.26. The van der Waals surface area contributed by atoms with Crippen LogP contribution in [0.4, 0.5) is 5.69 Å². The third-order valence-electron chi connectivity index (χ3n) is 3.61. The van der Waals surface area contributed by atoms with Gasteiger partial charge < -0.3 is 10.6 Å². The van der Waals surface area contributed by atoms with Crippen LogP contribution in [0.5, 0.6) is 0 Å². The number of nitrogen functional groups attached to an aromatic ring is 1. The van der Waals surface area contributed by atoms with Gasteiger partial charge in [0.25, 0.3) is 0 Å². The number of halogens is 1. The van der Waals surface area contributed by atoms with E-state index in [1.165, 1.54) is 19.3 Å². The van der Waals surface area contributed by atoms with Crippen LogP contribution in [0.3, 0.4) is 0 Å². The van der Waals surface area contributed by atoms with E-state index in [1.54, 1.807) is 0 Å². The smallest absolute Gasteiger partial charge is 0.124 e. The number of nitrogens with two attached hydrogens (primary N) is 1. The highest BCUT2D eigenvalue weighted by molar-refractivity contribution is 9.10. The fourth-order valence-electron chi connectivity index (χ4n) is 2.50. The van der Waals surface area contributed by atoms with Crippen molar-refractivity contribution in [2.45, 2.75) is 26.2 Å². The lowest BCUT2D eigenvalue weighted by molar-refractivity contribution is 0.521. The molecule has 0 bridgehead atoms. The summed E-state index contributed by atoms with van der Waals surface area (Å²) < 4.78 is 1.04. The first-order valence-electron chi connectivity index (χ1n) is 6.47. The predicted octanol–water partition coefficient (Wildman–Crippen LogP) is 3.36. The third kappa shape index (κ3) is 3.05. The summed E-state index contributed by atoms with van der Waals surface area (Å²) in [6, 6.07) is 5.95. The van der Waals surface area contributed by atoms with Gasteiger partial charge in [-0.3, -0.25) is 5.41 Å². The summed E-state index contributed by atoms with van der Waals surface area (Å²) in [7, 11) is 0. The molecular formula is C14H20BrN3. The molecule has 0 spiro atoms. The molecule has 0 saturated carbocycles. The number of rotatable bonds is 2. The molecule has 0 aromatic heterocycles. The van der Waals surface area contributed by atoms with Crippen LogP contribution in [0.2, 0.25) is 0 Å². The van der Waals surface area contributed by atoms with Crippen LogP contribution in [-0.2, 0) is 0 Å². The van der Waals surface area contributed by atoms with E-state index in [4.69, 9.17) is 11.1 Å².